The van der Waals surface area contributed by atoms with E-state index in [1.54, 1.807) is 0 Å². The third-order valence-electron chi connectivity index (χ3n) is 6.56. The fraction of sp³-hybridized carbons (Fsp3) is 0.133. The predicted molar refractivity (Wildman–Crippen MR) is 139 cm³/mol. The average Bonchev–Trinajstić information content (AvgIpc) is 3.43. The van der Waals surface area contributed by atoms with Crippen LogP contribution in [0.1, 0.15) is 56.9 Å². The molecule has 1 N–H and O–H groups in total. The molecule has 1 aliphatic heterocycles. The Hall–Kier alpha value is -4.96. The van der Waals surface area contributed by atoms with E-state index >= 15 is 0 Å². The molecule has 2 heterocycles. The molecular formula is C30H23N3O4. The molecule has 182 valence electrons. The first-order chi connectivity index (χ1) is 17.9. The van der Waals surface area contributed by atoms with Gasteiger partial charge in [-0.25, -0.2) is 0 Å². The highest BCUT2D eigenvalue weighted by Crippen LogP contribution is 2.41. The zero-order chi connectivity index (χ0) is 26.1. The molecule has 0 fully saturated rings. The van der Waals surface area contributed by atoms with Crippen LogP contribution in [0.3, 0.4) is 0 Å². The molecule has 0 aliphatic carbocycles. The first-order valence-corrected chi connectivity index (χ1v) is 12.0. The van der Waals surface area contributed by atoms with Crippen LogP contribution < -0.4 is 5.32 Å². The van der Waals surface area contributed by atoms with E-state index < -0.39 is 11.8 Å². The van der Waals surface area contributed by atoms with Gasteiger partial charge in [-0.05, 0) is 37.1 Å². The molecule has 0 radical (unpaired) electrons. The van der Waals surface area contributed by atoms with Crippen molar-refractivity contribution in [2.75, 3.05) is 5.32 Å². The quantitative estimate of drug-likeness (QED) is 0.328. The molecule has 0 spiro atoms. The van der Waals surface area contributed by atoms with Crippen LogP contribution in [0.2, 0.25) is 0 Å². The summed E-state index contributed by atoms with van der Waals surface area (Å²) in [6, 6.07) is 25.0. The number of fused-ring (bicyclic) bond motifs is 1. The van der Waals surface area contributed by atoms with Crippen LogP contribution in [0.25, 0.3) is 22.5 Å². The molecule has 3 aromatic carbocycles. The van der Waals surface area contributed by atoms with Crippen molar-refractivity contribution in [2.45, 2.75) is 26.3 Å². The molecule has 7 nitrogen and oxygen atoms in total. The molecule has 1 unspecified atom stereocenters. The Morgan fingerprint density at radius 3 is 2.19 bits per heavy atom. The largest absolute Gasteiger partial charge is 0.438 e. The van der Waals surface area contributed by atoms with Crippen LogP contribution in [0.15, 0.2) is 83.3 Å². The lowest BCUT2D eigenvalue weighted by Gasteiger charge is -2.20. The van der Waals surface area contributed by atoms with Crippen LogP contribution in [0, 0.1) is 11.3 Å². The van der Waals surface area contributed by atoms with Gasteiger partial charge in [0.25, 0.3) is 17.7 Å². The van der Waals surface area contributed by atoms with Crippen LogP contribution in [0.5, 0.6) is 0 Å². The average molecular weight is 490 g/mol. The number of benzene rings is 3. The van der Waals surface area contributed by atoms with Crippen LogP contribution in [-0.2, 0) is 0 Å². The number of imide groups is 1. The van der Waals surface area contributed by atoms with Gasteiger partial charge >= 0.3 is 0 Å². The highest BCUT2D eigenvalue weighted by molar-refractivity contribution is 6.22. The Balaban J connectivity index is 1.53. The number of rotatable bonds is 6. The molecule has 1 atom stereocenters. The number of amides is 3. The van der Waals surface area contributed by atoms with E-state index in [9.17, 15) is 19.6 Å². The topological polar surface area (TPSA) is 103 Å². The molecule has 0 saturated carbocycles. The molecular weight excluding hydrogens is 466 g/mol. The second-order valence-electron chi connectivity index (χ2n) is 8.81. The minimum atomic E-state index is -0.561. The van der Waals surface area contributed by atoms with Gasteiger partial charge in [0.1, 0.15) is 17.4 Å². The van der Waals surface area contributed by atoms with E-state index in [2.05, 4.69) is 11.4 Å². The number of nitrogens with zero attached hydrogens (tertiary/aromatic N) is 2. The van der Waals surface area contributed by atoms with E-state index in [4.69, 9.17) is 4.42 Å². The molecule has 4 aromatic rings. The van der Waals surface area contributed by atoms with Crippen molar-refractivity contribution in [3.05, 3.63) is 101 Å². The summed E-state index contributed by atoms with van der Waals surface area (Å²) < 4.78 is 6.08. The van der Waals surface area contributed by atoms with E-state index in [0.717, 1.165) is 11.1 Å². The third-order valence-corrected chi connectivity index (χ3v) is 6.56. The first-order valence-electron chi connectivity index (χ1n) is 12.0. The third kappa shape index (κ3) is 4.09. The van der Waals surface area contributed by atoms with E-state index in [0.29, 0.717) is 17.7 Å². The normalized spacial score (nSPS) is 13.3. The Kier molecular flexibility index (Phi) is 6.16. The van der Waals surface area contributed by atoms with Gasteiger partial charge in [0.2, 0.25) is 5.88 Å². The van der Waals surface area contributed by atoms with E-state index in [1.165, 1.54) is 23.1 Å². The van der Waals surface area contributed by atoms with Crippen LogP contribution in [0.4, 0.5) is 5.88 Å². The van der Waals surface area contributed by atoms with Crippen molar-refractivity contribution in [3.63, 3.8) is 0 Å². The Bertz CT molecular complexity index is 1570. The smallest absolute Gasteiger partial charge is 0.261 e. The predicted octanol–water partition coefficient (Wildman–Crippen LogP) is 6.13. The van der Waals surface area contributed by atoms with Crippen LogP contribution >= 0.6 is 0 Å². The molecule has 5 rings (SSSR count). The number of carbonyl (C=O) groups excluding carboxylic acids is 3. The fourth-order valence-corrected chi connectivity index (χ4v) is 4.46. The molecule has 0 bridgehead atoms. The zero-order valence-corrected chi connectivity index (χ0v) is 20.3. The maximum Gasteiger partial charge on any atom is 0.261 e. The maximum absolute atomic E-state index is 13.2. The van der Waals surface area contributed by atoms with Crippen molar-refractivity contribution < 1.29 is 18.8 Å². The number of hydrogen-bond donors (Lipinski definition) is 1. The van der Waals surface area contributed by atoms with Crippen molar-refractivity contribution >= 4 is 23.6 Å². The molecule has 0 saturated heterocycles. The lowest BCUT2D eigenvalue weighted by Crippen LogP contribution is -2.37. The Morgan fingerprint density at radius 2 is 1.57 bits per heavy atom. The van der Waals surface area contributed by atoms with Gasteiger partial charge in [0, 0.05) is 22.7 Å². The first kappa shape index (κ1) is 23.8. The molecule has 3 amide bonds. The number of anilines is 1. The molecule has 37 heavy (non-hydrogen) atoms. The van der Waals surface area contributed by atoms with Gasteiger partial charge in [-0.3, -0.25) is 24.6 Å². The number of carbonyl (C=O) groups is 3. The second kappa shape index (κ2) is 9.59. The van der Waals surface area contributed by atoms with Crippen LogP contribution in [-0.4, -0.2) is 28.7 Å². The summed E-state index contributed by atoms with van der Waals surface area (Å²) in [6.07, 6.45) is 0.627. The summed E-state index contributed by atoms with van der Waals surface area (Å²) in [7, 11) is 0. The van der Waals surface area contributed by atoms with Crippen molar-refractivity contribution in [3.8, 4) is 28.5 Å². The van der Waals surface area contributed by atoms with Gasteiger partial charge in [-0.1, -0.05) is 67.6 Å². The zero-order valence-electron chi connectivity index (χ0n) is 20.3. The van der Waals surface area contributed by atoms with Gasteiger partial charge in [-0.15, -0.1) is 0 Å². The molecule has 1 aliphatic rings. The van der Waals surface area contributed by atoms with E-state index in [1.807, 2.05) is 74.5 Å². The highest BCUT2D eigenvalue weighted by atomic mass is 16.4. The highest BCUT2D eigenvalue weighted by Gasteiger charge is 2.38. The van der Waals surface area contributed by atoms with Gasteiger partial charge < -0.3 is 4.42 Å². The molecule has 1 aromatic heterocycles. The summed E-state index contributed by atoms with van der Waals surface area (Å²) in [4.78, 5) is 40.1. The monoisotopic (exact) mass is 489 g/mol. The number of furan rings is 1. The number of hydrogen-bond acceptors (Lipinski definition) is 5. The lowest BCUT2D eigenvalue weighted by molar-refractivity contribution is 0.0593. The van der Waals surface area contributed by atoms with Crippen molar-refractivity contribution in [2.24, 2.45) is 0 Å². The summed E-state index contributed by atoms with van der Waals surface area (Å²) in [5.41, 5.74) is 2.92. The summed E-state index contributed by atoms with van der Waals surface area (Å²) >= 11 is 0. The van der Waals surface area contributed by atoms with Gasteiger partial charge in [0.05, 0.1) is 11.1 Å². The molecule has 7 heteroatoms. The lowest BCUT2D eigenvalue weighted by atomic mass is 9.98. The maximum atomic E-state index is 13.2. The minimum Gasteiger partial charge on any atom is -0.438 e. The standard InChI is InChI=1S/C30H23N3O4/c1-3-18(2)33-29(35)22-15-14-21(16-23(22)30(33)36)27(34)32-28-24(17-31)25(19-10-6-4-7-11-19)26(37-28)20-12-8-5-9-13-20/h4-16,18H,3H2,1-2H3,(H,32,34). The van der Waals surface area contributed by atoms with E-state index in [-0.39, 0.29) is 40.1 Å². The van der Waals surface area contributed by atoms with Gasteiger partial charge in [0.15, 0.2) is 0 Å². The summed E-state index contributed by atoms with van der Waals surface area (Å²) in [5, 5.41) is 12.8. The minimum absolute atomic E-state index is 0.00865. The Labute approximate surface area is 213 Å². The Morgan fingerprint density at radius 1 is 0.946 bits per heavy atom. The number of nitriles is 1. The SMILES string of the molecule is CCC(C)N1C(=O)c2ccc(C(=O)Nc3oc(-c4ccccc4)c(-c4ccccc4)c3C#N)cc2C1=O. The number of nitrogens with one attached hydrogen (secondary N) is 1. The van der Waals surface area contributed by atoms with Crippen molar-refractivity contribution in [1.82, 2.24) is 4.90 Å². The summed E-state index contributed by atoms with van der Waals surface area (Å²) in [6.45, 7) is 3.71. The summed E-state index contributed by atoms with van der Waals surface area (Å²) in [5.74, 6) is -0.877. The fourth-order valence-electron chi connectivity index (χ4n) is 4.46. The van der Waals surface area contributed by atoms with Crippen molar-refractivity contribution in [1.29, 1.82) is 5.26 Å². The second-order valence-corrected chi connectivity index (χ2v) is 8.81. The van der Waals surface area contributed by atoms with Gasteiger partial charge in [-0.2, -0.15) is 5.26 Å².